The fraction of sp³-hybridized carbons (Fsp3) is 0.292. The number of hydrogen-bond donors (Lipinski definition) is 1. The molecule has 2 aromatic rings. The second-order valence-corrected chi connectivity index (χ2v) is 7.77. The van der Waals surface area contributed by atoms with Gasteiger partial charge in [-0.05, 0) is 80.9 Å². The van der Waals surface area contributed by atoms with Gasteiger partial charge in [0.25, 0.3) is 5.91 Å². The highest BCUT2D eigenvalue weighted by atomic mass is 16.5. The maximum Gasteiger partial charge on any atom is 0.335 e. The van der Waals surface area contributed by atoms with Crippen molar-refractivity contribution in [1.29, 1.82) is 0 Å². The summed E-state index contributed by atoms with van der Waals surface area (Å²) in [6, 6.07) is 12.0. The third kappa shape index (κ3) is 4.36. The standard InChI is InChI=1S/C24H25N3O4/c1-16-21(23(28)27(25-16)20-8-6-18(7-9-20)24(29)30)14-17-5-10-22(31-2)19(13-17)15-26-11-3-4-12-26/h5-10,13-14H,3-4,11-12,15H2,1-2H3,(H,29,30)/b21-14+. The van der Waals surface area contributed by atoms with Crippen LogP contribution >= 0.6 is 0 Å². The zero-order valence-corrected chi connectivity index (χ0v) is 17.7. The van der Waals surface area contributed by atoms with Gasteiger partial charge in [0.2, 0.25) is 0 Å². The molecule has 160 valence electrons. The Morgan fingerprint density at radius 1 is 1.16 bits per heavy atom. The van der Waals surface area contributed by atoms with Crippen LogP contribution in [0.5, 0.6) is 5.75 Å². The lowest BCUT2D eigenvalue weighted by molar-refractivity contribution is -0.114. The van der Waals surface area contributed by atoms with Crippen LogP contribution in [0.25, 0.3) is 6.08 Å². The van der Waals surface area contributed by atoms with Crippen LogP contribution in [0.4, 0.5) is 5.69 Å². The Balaban J connectivity index is 1.59. The van der Waals surface area contributed by atoms with Crippen LogP contribution in [0.15, 0.2) is 53.1 Å². The van der Waals surface area contributed by atoms with E-state index >= 15 is 0 Å². The number of rotatable bonds is 6. The summed E-state index contributed by atoms with van der Waals surface area (Å²) in [6.45, 7) is 4.80. The molecule has 1 fully saturated rings. The molecule has 7 heteroatoms. The van der Waals surface area contributed by atoms with Crippen molar-refractivity contribution in [2.45, 2.75) is 26.3 Å². The van der Waals surface area contributed by atoms with Crippen molar-refractivity contribution < 1.29 is 19.4 Å². The van der Waals surface area contributed by atoms with Crippen LogP contribution in [0, 0.1) is 0 Å². The predicted molar refractivity (Wildman–Crippen MR) is 119 cm³/mol. The van der Waals surface area contributed by atoms with E-state index in [0.717, 1.165) is 36.5 Å². The van der Waals surface area contributed by atoms with Gasteiger partial charge in [0.15, 0.2) is 0 Å². The van der Waals surface area contributed by atoms with Gasteiger partial charge in [-0.2, -0.15) is 10.1 Å². The zero-order chi connectivity index (χ0) is 22.0. The molecule has 0 radical (unpaired) electrons. The molecule has 1 saturated heterocycles. The van der Waals surface area contributed by atoms with Crippen LogP contribution in [0.1, 0.15) is 41.3 Å². The summed E-state index contributed by atoms with van der Waals surface area (Å²) in [6.07, 6.45) is 4.29. The third-order valence-corrected chi connectivity index (χ3v) is 5.63. The molecule has 2 aromatic carbocycles. The van der Waals surface area contributed by atoms with Gasteiger partial charge in [-0.15, -0.1) is 0 Å². The minimum absolute atomic E-state index is 0.163. The van der Waals surface area contributed by atoms with Gasteiger partial charge in [0, 0.05) is 12.1 Å². The van der Waals surface area contributed by atoms with Crippen molar-refractivity contribution in [2.24, 2.45) is 5.10 Å². The highest BCUT2D eigenvalue weighted by Gasteiger charge is 2.29. The number of benzene rings is 2. The van der Waals surface area contributed by atoms with Crippen molar-refractivity contribution >= 4 is 29.4 Å². The molecule has 0 unspecified atom stereocenters. The summed E-state index contributed by atoms with van der Waals surface area (Å²) in [5.41, 5.74) is 3.83. The molecule has 0 atom stereocenters. The number of ether oxygens (including phenoxy) is 1. The molecule has 2 heterocycles. The summed E-state index contributed by atoms with van der Waals surface area (Å²) >= 11 is 0. The average molecular weight is 419 g/mol. The van der Waals surface area contributed by atoms with Crippen molar-refractivity contribution in [1.82, 2.24) is 4.90 Å². The highest BCUT2D eigenvalue weighted by Crippen LogP contribution is 2.28. The van der Waals surface area contributed by atoms with E-state index in [4.69, 9.17) is 9.84 Å². The van der Waals surface area contributed by atoms with Gasteiger partial charge in [-0.25, -0.2) is 4.79 Å². The number of hydrazone groups is 1. The molecular weight excluding hydrogens is 394 g/mol. The second-order valence-electron chi connectivity index (χ2n) is 7.77. The van der Waals surface area contributed by atoms with Gasteiger partial charge >= 0.3 is 5.97 Å². The fourth-order valence-electron chi connectivity index (χ4n) is 3.96. The summed E-state index contributed by atoms with van der Waals surface area (Å²) in [7, 11) is 1.67. The van der Waals surface area contributed by atoms with Crippen LogP contribution in [-0.4, -0.2) is 47.8 Å². The van der Waals surface area contributed by atoms with E-state index < -0.39 is 5.97 Å². The number of methoxy groups -OCH3 is 1. The number of aromatic carboxylic acids is 1. The lowest BCUT2D eigenvalue weighted by Gasteiger charge is -2.17. The topological polar surface area (TPSA) is 82.4 Å². The zero-order valence-electron chi connectivity index (χ0n) is 17.7. The van der Waals surface area contributed by atoms with E-state index in [1.165, 1.54) is 30.0 Å². The minimum atomic E-state index is -1.01. The summed E-state index contributed by atoms with van der Waals surface area (Å²) in [4.78, 5) is 26.5. The summed E-state index contributed by atoms with van der Waals surface area (Å²) < 4.78 is 5.54. The van der Waals surface area contributed by atoms with Crippen LogP contribution in [-0.2, 0) is 11.3 Å². The van der Waals surface area contributed by atoms with Crippen LogP contribution in [0.2, 0.25) is 0 Å². The molecule has 0 bridgehead atoms. The number of carbonyl (C=O) groups is 2. The highest BCUT2D eigenvalue weighted by molar-refractivity contribution is 6.32. The Morgan fingerprint density at radius 2 is 1.87 bits per heavy atom. The first-order valence-electron chi connectivity index (χ1n) is 10.3. The van der Waals surface area contributed by atoms with Crippen molar-refractivity contribution in [2.75, 3.05) is 25.2 Å². The van der Waals surface area contributed by atoms with E-state index in [0.29, 0.717) is 17.0 Å². The number of carboxylic acid groups (broad SMARTS) is 1. The van der Waals surface area contributed by atoms with Gasteiger partial charge in [0.05, 0.1) is 29.6 Å². The average Bonchev–Trinajstić information content (AvgIpc) is 3.37. The maximum absolute atomic E-state index is 13.0. The Bertz CT molecular complexity index is 1070. The van der Waals surface area contributed by atoms with Crippen molar-refractivity contribution in [3.63, 3.8) is 0 Å². The van der Waals surface area contributed by atoms with E-state index in [1.807, 2.05) is 18.2 Å². The number of carbonyl (C=O) groups excluding carboxylic acids is 1. The predicted octanol–water partition coefficient (Wildman–Crippen LogP) is 3.80. The molecule has 2 aliphatic rings. The van der Waals surface area contributed by atoms with E-state index in [9.17, 15) is 9.59 Å². The maximum atomic E-state index is 13.0. The fourth-order valence-corrected chi connectivity index (χ4v) is 3.96. The Hall–Kier alpha value is -3.45. The summed E-state index contributed by atoms with van der Waals surface area (Å²) in [5.74, 6) is -0.404. The minimum Gasteiger partial charge on any atom is -0.496 e. The summed E-state index contributed by atoms with van der Waals surface area (Å²) in [5, 5.41) is 14.8. The quantitative estimate of drug-likeness (QED) is 0.721. The van der Waals surface area contributed by atoms with Gasteiger partial charge in [-0.3, -0.25) is 9.69 Å². The lowest BCUT2D eigenvalue weighted by atomic mass is 10.0. The molecule has 4 rings (SSSR count). The molecule has 2 aliphatic heterocycles. The van der Waals surface area contributed by atoms with Crippen LogP contribution in [0.3, 0.4) is 0 Å². The Kier molecular flexibility index (Phi) is 5.86. The van der Waals surface area contributed by atoms with E-state index in [-0.39, 0.29) is 11.5 Å². The largest absolute Gasteiger partial charge is 0.496 e. The molecule has 0 spiro atoms. The number of nitrogens with zero attached hydrogens (tertiary/aromatic N) is 3. The molecule has 1 amide bonds. The lowest BCUT2D eigenvalue weighted by Crippen LogP contribution is -2.21. The first-order valence-corrected chi connectivity index (χ1v) is 10.3. The van der Waals surface area contributed by atoms with E-state index in [2.05, 4.69) is 16.1 Å². The molecule has 0 saturated carbocycles. The van der Waals surface area contributed by atoms with E-state index in [1.54, 1.807) is 26.2 Å². The molecular formula is C24H25N3O4. The third-order valence-electron chi connectivity index (χ3n) is 5.63. The number of amides is 1. The Labute approximate surface area is 181 Å². The second kappa shape index (κ2) is 8.73. The number of hydrogen-bond acceptors (Lipinski definition) is 5. The first-order chi connectivity index (χ1) is 15.0. The molecule has 7 nitrogen and oxygen atoms in total. The first kappa shape index (κ1) is 20.8. The molecule has 0 aliphatic carbocycles. The Morgan fingerprint density at radius 3 is 2.52 bits per heavy atom. The number of likely N-dealkylation sites (tertiary alicyclic amines) is 1. The van der Waals surface area contributed by atoms with Gasteiger partial charge < -0.3 is 9.84 Å². The molecule has 0 aromatic heterocycles. The molecule has 31 heavy (non-hydrogen) atoms. The number of anilines is 1. The van der Waals surface area contributed by atoms with Crippen molar-refractivity contribution in [3.05, 3.63) is 64.7 Å². The SMILES string of the molecule is COc1ccc(/C=C2/C(=O)N(c3ccc(C(=O)O)cc3)N=C2C)cc1CN1CCCC1. The normalized spacial score (nSPS) is 18.0. The molecule has 1 N–H and O–H groups in total. The van der Waals surface area contributed by atoms with Gasteiger partial charge in [-0.1, -0.05) is 6.07 Å². The van der Waals surface area contributed by atoms with Gasteiger partial charge in [0.1, 0.15) is 5.75 Å². The van der Waals surface area contributed by atoms with Crippen molar-refractivity contribution in [3.8, 4) is 5.75 Å². The smallest absolute Gasteiger partial charge is 0.335 e. The van der Waals surface area contributed by atoms with Crippen LogP contribution < -0.4 is 9.75 Å². The number of carboxylic acids is 1. The monoisotopic (exact) mass is 419 g/mol.